The summed E-state index contributed by atoms with van der Waals surface area (Å²) >= 11 is 0. The predicted octanol–water partition coefficient (Wildman–Crippen LogP) is 4.29. The summed E-state index contributed by atoms with van der Waals surface area (Å²) in [4.78, 5) is 0. The maximum Gasteiger partial charge on any atom is -0.00436 e. The van der Waals surface area contributed by atoms with Crippen LogP contribution in [0.3, 0.4) is 0 Å². The second kappa shape index (κ2) is 6.04. The molecule has 0 bridgehead atoms. The second-order valence-corrected chi connectivity index (χ2v) is 6.29. The maximum absolute atomic E-state index is 4.34. The monoisotopic (exact) mass is 235 g/mol. The largest absolute Gasteiger partial charge is 0.317 e. The van der Waals surface area contributed by atoms with Gasteiger partial charge in [-0.2, -0.15) is 0 Å². The van der Waals surface area contributed by atoms with Gasteiger partial charge < -0.3 is 5.32 Å². The normalized spacial score (nSPS) is 25.0. The summed E-state index contributed by atoms with van der Waals surface area (Å²) < 4.78 is 0. The van der Waals surface area contributed by atoms with Crippen molar-refractivity contribution in [3.8, 4) is 0 Å². The molecule has 2 rings (SSSR count). The molecule has 2 fully saturated rings. The Morgan fingerprint density at radius 1 is 1.18 bits per heavy atom. The Labute approximate surface area is 107 Å². The quantitative estimate of drug-likeness (QED) is 0.717. The van der Waals surface area contributed by atoms with E-state index in [9.17, 15) is 0 Å². The molecule has 1 saturated heterocycles. The number of allylic oxidation sites excluding steroid dienone is 1. The fourth-order valence-corrected chi connectivity index (χ4v) is 3.70. The smallest absolute Gasteiger partial charge is 0.00436 e. The van der Waals surface area contributed by atoms with E-state index in [0.29, 0.717) is 5.41 Å². The summed E-state index contributed by atoms with van der Waals surface area (Å²) in [6.07, 6.45) is 12.5. The molecule has 1 heterocycles. The molecule has 1 saturated carbocycles. The zero-order valence-electron chi connectivity index (χ0n) is 11.6. The first-order valence-electron chi connectivity index (χ1n) is 7.64. The molecule has 1 spiro atoms. The van der Waals surface area contributed by atoms with Gasteiger partial charge in [-0.3, -0.25) is 0 Å². The lowest BCUT2D eigenvalue weighted by Crippen LogP contribution is -2.39. The molecular formula is C16H29N. The molecule has 1 heteroatoms. The molecule has 2 aliphatic rings. The number of hydrogen-bond donors (Lipinski definition) is 1. The first kappa shape index (κ1) is 13.1. The third-order valence-electron chi connectivity index (χ3n) is 5.14. The van der Waals surface area contributed by atoms with Crippen LogP contribution in [0.2, 0.25) is 0 Å². The molecule has 0 unspecified atom stereocenters. The van der Waals surface area contributed by atoms with Gasteiger partial charge in [0, 0.05) is 0 Å². The summed E-state index contributed by atoms with van der Waals surface area (Å²) in [5.74, 6) is 0.849. The zero-order chi connectivity index (χ0) is 12.1. The predicted molar refractivity (Wildman–Crippen MR) is 75.2 cm³/mol. The summed E-state index contributed by atoms with van der Waals surface area (Å²) in [5.41, 5.74) is 2.27. The van der Waals surface area contributed by atoms with Crippen LogP contribution in [0.4, 0.5) is 0 Å². The summed E-state index contributed by atoms with van der Waals surface area (Å²) in [6, 6.07) is 0. The van der Waals surface area contributed by atoms with Gasteiger partial charge in [-0.1, -0.05) is 25.5 Å². The molecule has 1 aliphatic carbocycles. The molecule has 0 aromatic heterocycles. The molecule has 1 nitrogen and oxygen atoms in total. The number of rotatable bonds is 4. The second-order valence-electron chi connectivity index (χ2n) is 6.29. The van der Waals surface area contributed by atoms with Crippen LogP contribution in [0.5, 0.6) is 0 Å². The Hall–Kier alpha value is -0.300. The van der Waals surface area contributed by atoms with E-state index >= 15 is 0 Å². The van der Waals surface area contributed by atoms with Gasteiger partial charge in [0.2, 0.25) is 0 Å². The highest BCUT2D eigenvalue weighted by atomic mass is 14.9. The molecule has 1 aliphatic heterocycles. The molecule has 0 aromatic carbocycles. The zero-order valence-corrected chi connectivity index (χ0v) is 11.6. The molecule has 0 radical (unpaired) electrons. The first-order valence-corrected chi connectivity index (χ1v) is 7.64. The van der Waals surface area contributed by atoms with Gasteiger partial charge in [-0.15, -0.1) is 0 Å². The average Bonchev–Trinajstić information content (AvgIpc) is 2.38. The minimum absolute atomic E-state index is 0.715. The van der Waals surface area contributed by atoms with Gasteiger partial charge in [0.15, 0.2) is 0 Å². The van der Waals surface area contributed by atoms with Crippen molar-refractivity contribution in [2.75, 3.05) is 13.1 Å². The summed E-state index contributed by atoms with van der Waals surface area (Å²) in [5, 5.41) is 3.50. The van der Waals surface area contributed by atoms with E-state index in [1.165, 1.54) is 70.9 Å². The minimum Gasteiger partial charge on any atom is -0.317 e. The van der Waals surface area contributed by atoms with Crippen molar-refractivity contribution < 1.29 is 0 Å². The van der Waals surface area contributed by atoms with Crippen LogP contribution in [0.15, 0.2) is 12.2 Å². The van der Waals surface area contributed by atoms with Gasteiger partial charge in [0.25, 0.3) is 0 Å². The van der Waals surface area contributed by atoms with Crippen LogP contribution in [-0.4, -0.2) is 13.1 Å². The third-order valence-corrected chi connectivity index (χ3v) is 5.14. The fraction of sp³-hybridized carbons (Fsp3) is 0.875. The van der Waals surface area contributed by atoms with Crippen LogP contribution < -0.4 is 5.32 Å². The van der Waals surface area contributed by atoms with E-state index < -0.39 is 0 Å². The van der Waals surface area contributed by atoms with E-state index in [1.807, 2.05) is 0 Å². The van der Waals surface area contributed by atoms with Crippen molar-refractivity contribution in [2.24, 2.45) is 11.3 Å². The minimum atomic E-state index is 0.715. The van der Waals surface area contributed by atoms with Gasteiger partial charge in [0.1, 0.15) is 0 Å². The maximum atomic E-state index is 4.34. The Balaban J connectivity index is 1.78. The lowest BCUT2D eigenvalue weighted by molar-refractivity contribution is 0.113. The molecular weight excluding hydrogens is 206 g/mol. The van der Waals surface area contributed by atoms with Crippen molar-refractivity contribution in [3.63, 3.8) is 0 Å². The summed E-state index contributed by atoms with van der Waals surface area (Å²) in [7, 11) is 0. The lowest BCUT2D eigenvalue weighted by atomic mass is 9.64. The van der Waals surface area contributed by atoms with E-state index in [1.54, 1.807) is 5.57 Å². The molecule has 0 aromatic rings. The van der Waals surface area contributed by atoms with Crippen LogP contribution in [0, 0.1) is 11.3 Å². The highest BCUT2D eigenvalue weighted by Gasteiger charge is 2.36. The van der Waals surface area contributed by atoms with Crippen molar-refractivity contribution in [1.82, 2.24) is 5.32 Å². The SMILES string of the molecule is C=C(CCCC)C1CCC2(CCNCC2)CC1. The standard InChI is InChI=1S/C16H29N/c1-3-4-5-14(2)15-6-8-16(9-7-15)10-12-17-13-11-16/h15,17H,2-13H2,1H3. The van der Waals surface area contributed by atoms with Crippen molar-refractivity contribution >= 4 is 0 Å². The van der Waals surface area contributed by atoms with E-state index in [2.05, 4.69) is 18.8 Å². The van der Waals surface area contributed by atoms with Crippen molar-refractivity contribution in [1.29, 1.82) is 0 Å². The summed E-state index contributed by atoms with van der Waals surface area (Å²) in [6.45, 7) is 9.12. The number of hydrogen-bond acceptors (Lipinski definition) is 1. The Bertz CT molecular complexity index is 240. The topological polar surface area (TPSA) is 12.0 Å². The van der Waals surface area contributed by atoms with Gasteiger partial charge in [-0.05, 0) is 75.8 Å². The number of unbranched alkanes of at least 4 members (excludes halogenated alkanes) is 1. The van der Waals surface area contributed by atoms with Gasteiger partial charge in [-0.25, -0.2) is 0 Å². The molecule has 17 heavy (non-hydrogen) atoms. The Morgan fingerprint density at radius 3 is 2.41 bits per heavy atom. The van der Waals surface area contributed by atoms with Crippen molar-refractivity contribution in [3.05, 3.63) is 12.2 Å². The Morgan fingerprint density at radius 2 is 1.82 bits per heavy atom. The lowest BCUT2D eigenvalue weighted by Gasteiger charge is -2.43. The van der Waals surface area contributed by atoms with Crippen LogP contribution >= 0.6 is 0 Å². The molecule has 1 N–H and O–H groups in total. The van der Waals surface area contributed by atoms with Gasteiger partial charge in [0.05, 0.1) is 0 Å². The molecule has 98 valence electrons. The highest BCUT2D eigenvalue weighted by Crippen LogP contribution is 2.46. The Kier molecular flexibility index (Phi) is 4.67. The van der Waals surface area contributed by atoms with Crippen molar-refractivity contribution in [2.45, 2.75) is 64.7 Å². The van der Waals surface area contributed by atoms with E-state index in [-0.39, 0.29) is 0 Å². The molecule has 0 atom stereocenters. The first-order chi connectivity index (χ1) is 8.26. The van der Waals surface area contributed by atoms with Crippen LogP contribution in [0.25, 0.3) is 0 Å². The third kappa shape index (κ3) is 3.34. The highest BCUT2D eigenvalue weighted by molar-refractivity contribution is 5.04. The van der Waals surface area contributed by atoms with E-state index in [4.69, 9.17) is 0 Å². The van der Waals surface area contributed by atoms with Crippen LogP contribution in [-0.2, 0) is 0 Å². The van der Waals surface area contributed by atoms with Crippen LogP contribution in [0.1, 0.15) is 64.7 Å². The number of piperidine rings is 1. The number of nitrogens with one attached hydrogen (secondary N) is 1. The molecule has 0 amide bonds. The fourth-order valence-electron chi connectivity index (χ4n) is 3.70. The van der Waals surface area contributed by atoms with Gasteiger partial charge >= 0.3 is 0 Å². The van der Waals surface area contributed by atoms with E-state index in [0.717, 1.165) is 5.92 Å². The average molecular weight is 235 g/mol.